The van der Waals surface area contributed by atoms with Crippen molar-refractivity contribution in [2.75, 3.05) is 6.54 Å². The van der Waals surface area contributed by atoms with Gasteiger partial charge in [0.25, 0.3) is 0 Å². The molecule has 0 aliphatic heterocycles. The van der Waals surface area contributed by atoms with Crippen LogP contribution in [-0.4, -0.2) is 28.2 Å². The van der Waals surface area contributed by atoms with E-state index in [4.69, 9.17) is 5.73 Å². The van der Waals surface area contributed by atoms with Gasteiger partial charge in [0.05, 0.1) is 5.60 Å². The van der Waals surface area contributed by atoms with E-state index in [1.165, 1.54) is 11.1 Å². The summed E-state index contributed by atoms with van der Waals surface area (Å²) in [6.07, 6.45) is 2.05. The first-order chi connectivity index (χ1) is 12.9. The van der Waals surface area contributed by atoms with Crippen molar-refractivity contribution in [1.82, 2.24) is 4.90 Å². The van der Waals surface area contributed by atoms with Crippen LogP contribution in [0.3, 0.4) is 0 Å². The predicted molar refractivity (Wildman–Crippen MR) is 110 cm³/mol. The van der Waals surface area contributed by atoms with Gasteiger partial charge in [0, 0.05) is 25.7 Å². The van der Waals surface area contributed by atoms with Crippen LogP contribution >= 0.6 is 0 Å². The van der Waals surface area contributed by atoms with Crippen LogP contribution in [0.1, 0.15) is 37.8 Å². The molecule has 0 radical (unpaired) electrons. The normalized spacial score (nSPS) is 31.5. The predicted octanol–water partition coefficient (Wildman–Crippen LogP) is 3.81. The molecule has 3 aliphatic carbocycles. The maximum absolute atomic E-state index is 11.7. The molecular weight excluding hydrogens is 332 g/mol. The second-order valence-electron chi connectivity index (χ2n) is 9.26. The molecule has 3 aliphatic rings. The minimum atomic E-state index is -0.818. The monoisotopic (exact) mass is 364 g/mol. The average Bonchev–Trinajstić information content (AvgIpc) is 2.65. The number of aliphatic hydroxyl groups is 1. The summed E-state index contributed by atoms with van der Waals surface area (Å²) in [4.78, 5) is 2.37. The third-order valence-electron chi connectivity index (χ3n) is 7.23. The largest absolute Gasteiger partial charge is 0.387 e. The molecule has 4 atom stereocenters. The van der Waals surface area contributed by atoms with Gasteiger partial charge in [-0.05, 0) is 41.2 Å². The number of nitrogens with zero attached hydrogens (tertiary/aromatic N) is 1. The molecule has 0 spiro atoms. The van der Waals surface area contributed by atoms with Crippen molar-refractivity contribution in [2.45, 2.75) is 51.4 Å². The number of rotatable bonds is 6. The Balaban J connectivity index is 1.58. The zero-order valence-corrected chi connectivity index (χ0v) is 16.5. The Bertz CT molecular complexity index is 719. The number of hydrogen-bond acceptors (Lipinski definition) is 3. The standard InChI is InChI=1S/C24H32N2O/c1-23(2)20-13-21(23)24(27,22(25)14-20)17-26(15-18-9-5-3-6-10-18)16-19-11-7-4-8-12-19/h3-12,20-22,27H,13-17,25H2,1-2H3/t20-,21-,22+,24-/m1/s1. The van der Waals surface area contributed by atoms with Crippen LogP contribution in [0.2, 0.25) is 0 Å². The lowest BCUT2D eigenvalue weighted by atomic mass is 9.43. The summed E-state index contributed by atoms with van der Waals surface area (Å²) in [7, 11) is 0. The number of benzene rings is 2. The van der Waals surface area contributed by atoms with Crippen LogP contribution in [0.25, 0.3) is 0 Å². The number of hydrogen-bond donors (Lipinski definition) is 2. The van der Waals surface area contributed by atoms with E-state index >= 15 is 0 Å². The molecule has 3 fully saturated rings. The molecule has 3 nitrogen and oxygen atoms in total. The maximum atomic E-state index is 11.7. The van der Waals surface area contributed by atoms with E-state index in [1.807, 2.05) is 12.1 Å². The maximum Gasteiger partial charge on any atom is 0.0957 e. The molecule has 3 saturated carbocycles. The van der Waals surface area contributed by atoms with E-state index in [9.17, 15) is 5.11 Å². The molecular formula is C24H32N2O. The van der Waals surface area contributed by atoms with Crippen molar-refractivity contribution in [1.29, 1.82) is 0 Å². The lowest BCUT2D eigenvalue weighted by Gasteiger charge is -2.66. The van der Waals surface area contributed by atoms with Crippen LogP contribution in [-0.2, 0) is 13.1 Å². The quantitative estimate of drug-likeness (QED) is 0.819. The van der Waals surface area contributed by atoms with E-state index < -0.39 is 5.60 Å². The number of fused-ring (bicyclic) bond motifs is 2. The van der Waals surface area contributed by atoms with E-state index in [0.717, 1.165) is 25.9 Å². The molecule has 0 saturated heterocycles. The topological polar surface area (TPSA) is 49.5 Å². The molecule has 2 bridgehead atoms. The van der Waals surface area contributed by atoms with Gasteiger partial charge in [-0.15, -0.1) is 0 Å². The minimum Gasteiger partial charge on any atom is -0.387 e. The van der Waals surface area contributed by atoms with Crippen molar-refractivity contribution in [3.8, 4) is 0 Å². The van der Waals surface area contributed by atoms with Crippen LogP contribution in [0, 0.1) is 17.3 Å². The Morgan fingerprint density at radius 2 is 1.44 bits per heavy atom. The number of nitrogens with two attached hydrogens (primary N) is 1. The highest BCUT2D eigenvalue weighted by Gasteiger charge is 2.64. The van der Waals surface area contributed by atoms with E-state index in [-0.39, 0.29) is 17.4 Å². The van der Waals surface area contributed by atoms with Crippen molar-refractivity contribution in [3.05, 3.63) is 71.8 Å². The third-order valence-corrected chi connectivity index (χ3v) is 7.23. The lowest BCUT2D eigenvalue weighted by Crippen LogP contribution is -2.72. The van der Waals surface area contributed by atoms with Crippen molar-refractivity contribution in [3.63, 3.8) is 0 Å². The van der Waals surface area contributed by atoms with E-state index in [2.05, 4.69) is 67.3 Å². The highest BCUT2D eigenvalue weighted by atomic mass is 16.3. The summed E-state index contributed by atoms with van der Waals surface area (Å²) in [6, 6.07) is 20.9. The summed E-state index contributed by atoms with van der Waals surface area (Å²) in [5.41, 5.74) is 8.43. The fraction of sp³-hybridized carbons (Fsp3) is 0.500. The van der Waals surface area contributed by atoms with Gasteiger partial charge in [0.15, 0.2) is 0 Å². The molecule has 0 amide bonds. The molecule has 27 heavy (non-hydrogen) atoms. The first-order valence-electron chi connectivity index (χ1n) is 10.2. The Morgan fingerprint density at radius 3 is 1.93 bits per heavy atom. The van der Waals surface area contributed by atoms with Crippen LogP contribution in [0.4, 0.5) is 0 Å². The van der Waals surface area contributed by atoms with Crippen LogP contribution in [0.15, 0.2) is 60.7 Å². The smallest absolute Gasteiger partial charge is 0.0957 e. The molecule has 3 N–H and O–H groups in total. The highest BCUT2D eigenvalue weighted by molar-refractivity contribution is 5.20. The minimum absolute atomic E-state index is 0.136. The summed E-state index contributed by atoms with van der Waals surface area (Å²) >= 11 is 0. The lowest BCUT2D eigenvalue weighted by molar-refractivity contribution is -0.219. The van der Waals surface area contributed by atoms with Crippen LogP contribution in [0.5, 0.6) is 0 Å². The Morgan fingerprint density at radius 1 is 0.926 bits per heavy atom. The Hall–Kier alpha value is -1.68. The zero-order valence-electron chi connectivity index (χ0n) is 16.5. The fourth-order valence-corrected chi connectivity index (χ4v) is 5.47. The highest BCUT2D eigenvalue weighted by Crippen LogP contribution is 2.62. The van der Waals surface area contributed by atoms with Crippen molar-refractivity contribution in [2.24, 2.45) is 23.0 Å². The molecule has 3 heteroatoms. The van der Waals surface area contributed by atoms with Gasteiger partial charge in [0.2, 0.25) is 0 Å². The first-order valence-corrected chi connectivity index (χ1v) is 10.2. The van der Waals surface area contributed by atoms with Gasteiger partial charge in [-0.2, -0.15) is 0 Å². The molecule has 0 aromatic heterocycles. The van der Waals surface area contributed by atoms with Crippen molar-refractivity contribution < 1.29 is 5.11 Å². The average molecular weight is 365 g/mol. The Kier molecular flexibility index (Phi) is 4.87. The Labute approximate surface area is 163 Å². The SMILES string of the molecule is CC1(C)[C@@H]2C[C@H]1[C@](O)(CN(Cc1ccccc1)Cc1ccccc1)[C@@H](N)C2. The van der Waals surface area contributed by atoms with Crippen LogP contribution < -0.4 is 5.73 Å². The molecule has 5 rings (SSSR count). The van der Waals surface area contributed by atoms with Gasteiger partial charge in [0.1, 0.15) is 0 Å². The fourth-order valence-electron chi connectivity index (χ4n) is 5.47. The van der Waals surface area contributed by atoms with Gasteiger partial charge < -0.3 is 10.8 Å². The second-order valence-corrected chi connectivity index (χ2v) is 9.26. The van der Waals surface area contributed by atoms with E-state index in [1.54, 1.807) is 0 Å². The summed E-state index contributed by atoms with van der Waals surface area (Å²) < 4.78 is 0. The molecule has 0 unspecified atom stereocenters. The molecule has 144 valence electrons. The van der Waals surface area contributed by atoms with Gasteiger partial charge in [-0.3, -0.25) is 4.90 Å². The summed E-state index contributed by atoms with van der Waals surface area (Å²) in [5.74, 6) is 0.947. The van der Waals surface area contributed by atoms with Crippen molar-refractivity contribution >= 4 is 0 Å². The summed E-state index contributed by atoms with van der Waals surface area (Å²) in [5, 5.41) is 11.7. The molecule has 0 heterocycles. The van der Waals surface area contributed by atoms with Gasteiger partial charge in [-0.1, -0.05) is 74.5 Å². The molecule has 2 aromatic carbocycles. The second kappa shape index (κ2) is 7.05. The first kappa shape index (κ1) is 18.7. The summed E-state index contributed by atoms with van der Waals surface area (Å²) in [6.45, 7) is 6.88. The third kappa shape index (κ3) is 3.44. The van der Waals surface area contributed by atoms with Gasteiger partial charge >= 0.3 is 0 Å². The van der Waals surface area contributed by atoms with Gasteiger partial charge in [-0.25, -0.2) is 0 Å². The van der Waals surface area contributed by atoms with E-state index in [0.29, 0.717) is 12.5 Å². The molecule has 2 aromatic rings. The zero-order chi connectivity index (χ0) is 19.1.